The first-order chi connectivity index (χ1) is 21.9. The maximum Gasteiger partial charge on any atom is 0 e. The molecule has 3 aromatic carbocycles. The van der Waals surface area contributed by atoms with Crippen LogP contribution in [0.3, 0.4) is 0 Å². The summed E-state index contributed by atoms with van der Waals surface area (Å²) < 4.78 is 2.93. The van der Waals surface area contributed by atoms with E-state index in [0.29, 0.717) is 18.0 Å². The van der Waals surface area contributed by atoms with E-state index in [0.717, 1.165) is 17.1 Å². The zero-order valence-corrected chi connectivity index (χ0v) is 35.5. The smallest absolute Gasteiger partial charge is 0 e. The molecule has 6 rings (SSSR count). The third-order valence-corrected chi connectivity index (χ3v) is 12.0. The van der Waals surface area contributed by atoms with Gasteiger partial charge in [-0.3, -0.25) is 0 Å². The molecule has 0 saturated heterocycles. The molecule has 0 unspecified atom stereocenters. The minimum absolute atomic E-state index is 0. The van der Waals surface area contributed by atoms with Gasteiger partial charge in [0.15, 0.2) is 0 Å². The van der Waals surface area contributed by atoms with Crippen molar-refractivity contribution in [3.05, 3.63) is 82.8 Å². The van der Waals surface area contributed by atoms with Crippen molar-refractivity contribution in [3.8, 4) is 11.3 Å². The molecule has 5 heteroatoms. The predicted octanol–water partition coefficient (Wildman–Crippen LogP) is 11.9. The number of hydrogen-bond donors (Lipinski definition) is 0. The second kappa shape index (κ2) is 14.5. The van der Waals surface area contributed by atoms with Crippen molar-refractivity contribution in [3.63, 3.8) is 0 Å². The minimum Gasteiger partial charge on any atom is -0.466 e. The van der Waals surface area contributed by atoms with Crippen LogP contribution in [-0.2, 0) is 36.4 Å². The van der Waals surface area contributed by atoms with Crippen molar-refractivity contribution < 1.29 is 20.1 Å². The number of fused-ring (bicyclic) bond motifs is 5. The van der Waals surface area contributed by atoms with Gasteiger partial charge in [0.2, 0.25) is 0 Å². The van der Waals surface area contributed by atoms with Gasteiger partial charge >= 0.3 is 216 Å². The summed E-state index contributed by atoms with van der Waals surface area (Å²) in [6.45, 7) is 29.2. The van der Waals surface area contributed by atoms with Gasteiger partial charge in [-0.25, -0.2) is 0 Å². The number of aromatic nitrogens is 1. The molecule has 1 aliphatic carbocycles. The first-order valence-electron chi connectivity index (χ1n) is 17.5. The molecule has 2 heterocycles. The molecule has 259 valence electrons. The molecule has 2 aromatic heterocycles. The summed E-state index contributed by atoms with van der Waals surface area (Å²) in [5.41, 5.74) is 7.22. The normalized spacial score (nSPS) is 15.9. The summed E-state index contributed by atoms with van der Waals surface area (Å²) >= 11 is 0.238. The van der Waals surface area contributed by atoms with Gasteiger partial charge in [0.1, 0.15) is 0 Å². The molecule has 0 spiro atoms. The van der Waals surface area contributed by atoms with E-state index in [9.17, 15) is 0 Å². The Morgan fingerprint density at radius 2 is 1.48 bits per heavy atom. The van der Waals surface area contributed by atoms with Crippen LogP contribution >= 0.6 is 0 Å². The average Bonchev–Trinajstić information content (AvgIpc) is 3.35. The molecule has 0 aliphatic heterocycles. The van der Waals surface area contributed by atoms with Crippen LogP contribution in [0.1, 0.15) is 120 Å². The molecule has 1 aliphatic rings. The van der Waals surface area contributed by atoms with Crippen molar-refractivity contribution in [2.75, 3.05) is 0 Å². The van der Waals surface area contributed by atoms with Gasteiger partial charge in [-0.1, -0.05) is 47.4 Å². The van der Waals surface area contributed by atoms with Crippen LogP contribution in [-0.4, -0.2) is 37.4 Å². The van der Waals surface area contributed by atoms with E-state index >= 15 is 0 Å². The first kappa shape index (κ1) is 38.5. The van der Waals surface area contributed by atoms with Gasteiger partial charge in [-0.15, -0.1) is 0 Å². The third kappa shape index (κ3) is 8.02. The molecule has 0 saturated carbocycles. The second-order valence-corrected chi connectivity index (χ2v) is 18.9. The zero-order valence-electron chi connectivity index (χ0n) is 31.4. The van der Waals surface area contributed by atoms with E-state index < -0.39 is 0 Å². The van der Waals surface area contributed by atoms with Gasteiger partial charge < -0.3 is 10.3 Å². The fourth-order valence-electron chi connectivity index (χ4n) is 6.79. The van der Waals surface area contributed by atoms with E-state index in [-0.39, 0.29) is 50.9 Å². The Morgan fingerprint density at radius 3 is 2.06 bits per heavy atom. The quantitative estimate of drug-likeness (QED) is 0.0767. The Hall–Kier alpha value is -2.29. The minimum atomic E-state index is 0. The van der Waals surface area contributed by atoms with Gasteiger partial charge in [-0.2, -0.15) is 0 Å². The Balaban J connectivity index is 0.000000345. The summed E-state index contributed by atoms with van der Waals surface area (Å²) in [5.74, 6) is 1.44. The van der Waals surface area contributed by atoms with Gasteiger partial charge in [0.05, 0.1) is 0 Å². The largest absolute Gasteiger partial charge is 0.466 e. The molecule has 3 nitrogen and oxygen atoms in total. The summed E-state index contributed by atoms with van der Waals surface area (Å²) in [5, 5.41) is 9.75. The number of hydrogen-bond acceptors (Lipinski definition) is 2. The molecule has 0 atom stereocenters. The van der Waals surface area contributed by atoms with Crippen LogP contribution in [0.4, 0.5) is 0 Å². The Morgan fingerprint density at radius 1 is 0.854 bits per heavy atom. The van der Waals surface area contributed by atoms with Crippen LogP contribution in [0.25, 0.3) is 46.6 Å². The van der Waals surface area contributed by atoms with Gasteiger partial charge in [0.25, 0.3) is 0 Å². The van der Waals surface area contributed by atoms with Crippen LogP contribution in [0, 0.1) is 12.0 Å². The van der Waals surface area contributed by atoms with Gasteiger partial charge in [0, 0.05) is 20.1 Å². The van der Waals surface area contributed by atoms with Crippen LogP contribution in [0.2, 0.25) is 0 Å². The fourth-order valence-corrected chi connectivity index (χ4v) is 9.36. The SMILES string of the molecule is CC(C)(C)c1cc(-c2nccc3c2[se]c2cc4c(cc23)C(C)(C)CCC4(C)C)[c-]c2ccccc12.CC(C)N=C([N-]C(C)C)C(C)C.[Ir]. The molecule has 5 aromatic rings. The summed E-state index contributed by atoms with van der Waals surface area (Å²) in [7, 11) is 0. The number of aliphatic imine (C=N–C) groups is 1. The monoisotopic (exact) mass is 886 g/mol. The standard InChI is InChI=1S/C33H34NSe.C10H21N2.Ir/c1-31(2,3)25-17-21(16-20-10-8-9-11-22(20)25)29-30-23(12-15-34-29)24-18-26-27(19-28(24)35-30)33(6,7)14-13-32(26,4)5;1-7(2)10(11-8(3)4)12-9(5)6;/h8-12,15,17-19H,13-14H2,1-7H3;7-9H,1-6H3;/q2*-1;. The molecular weight excluding hydrogens is 830 g/mol. The Labute approximate surface area is 309 Å². The average molecular weight is 885 g/mol. The van der Waals surface area contributed by atoms with E-state index in [1.165, 1.54) is 48.5 Å². The Bertz CT molecular complexity index is 1940. The van der Waals surface area contributed by atoms with Gasteiger partial charge in [-0.05, 0) is 18.0 Å². The van der Waals surface area contributed by atoms with E-state index in [1.54, 1.807) is 11.1 Å². The van der Waals surface area contributed by atoms with E-state index in [4.69, 9.17) is 4.98 Å². The topological polar surface area (TPSA) is 39.4 Å². The number of amidine groups is 1. The van der Waals surface area contributed by atoms with Crippen LogP contribution in [0.15, 0.2) is 59.7 Å². The maximum atomic E-state index is 4.97. The number of rotatable bonds is 4. The maximum absolute atomic E-state index is 4.97. The third-order valence-electron chi connectivity index (χ3n) is 9.50. The van der Waals surface area contributed by atoms with Crippen molar-refractivity contribution in [1.29, 1.82) is 0 Å². The molecule has 0 bridgehead atoms. The first-order valence-corrected chi connectivity index (χ1v) is 19.2. The molecule has 0 fully saturated rings. The summed E-state index contributed by atoms with van der Waals surface area (Å²) in [4.78, 5) is 9.44. The van der Waals surface area contributed by atoms with Crippen molar-refractivity contribution in [2.45, 2.75) is 131 Å². The summed E-state index contributed by atoms with van der Waals surface area (Å²) in [6, 6.07) is 22.8. The predicted molar refractivity (Wildman–Crippen MR) is 208 cm³/mol. The van der Waals surface area contributed by atoms with E-state index in [1.807, 2.05) is 6.20 Å². The van der Waals surface area contributed by atoms with Crippen molar-refractivity contribution in [1.82, 2.24) is 4.98 Å². The van der Waals surface area contributed by atoms with Crippen molar-refractivity contribution in [2.24, 2.45) is 10.9 Å². The van der Waals surface area contributed by atoms with Crippen LogP contribution in [0.5, 0.6) is 0 Å². The second-order valence-electron chi connectivity index (χ2n) is 16.7. The van der Waals surface area contributed by atoms with Crippen LogP contribution < -0.4 is 0 Å². The fraction of sp³-hybridized carbons (Fsp3) is 0.488. The molecule has 0 N–H and O–H groups in total. The molecule has 1 radical (unpaired) electrons. The molecular formula is C43H55IrN3Se-2. The molecule has 0 amide bonds. The van der Waals surface area contributed by atoms with Crippen molar-refractivity contribution >= 4 is 50.4 Å². The summed E-state index contributed by atoms with van der Waals surface area (Å²) in [6.07, 6.45) is 4.50. The number of benzene rings is 3. The van der Waals surface area contributed by atoms with E-state index in [2.05, 4.69) is 155 Å². The Kier molecular flexibility index (Phi) is 11.6. The number of pyridine rings is 1. The number of nitrogens with zero attached hydrogens (tertiary/aromatic N) is 3. The molecule has 48 heavy (non-hydrogen) atoms. The zero-order chi connectivity index (χ0) is 34.5.